The Bertz CT molecular complexity index is 1390. The Labute approximate surface area is 234 Å². The van der Waals surface area contributed by atoms with Crippen molar-refractivity contribution in [2.24, 2.45) is 11.1 Å². The normalized spacial score (nSPS) is 25.8. The van der Waals surface area contributed by atoms with Crippen molar-refractivity contribution in [2.75, 3.05) is 55.4 Å². The van der Waals surface area contributed by atoms with E-state index in [2.05, 4.69) is 20.9 Å². The predicted molar refractivity (Wildman–Crippen MR) is 152 cm³/mol. The molecule has 3 atom stereocenters. The lowest BCUT2D eigenvalue weighted by Gasteiger charge is -2.41. The fourth-order valence-corrected chi connectivity index (χ4v) is 7.07. The van der Waals surface area contributed by atoms with Crippen LogP contribution in [0.15, 0.2) is 18.3 Å². The molecule has 5 heterocycles. The Morgan fingerprint density at radius 2 is 2.05 bits per heavy atom. The highest BCUT2D eigenvalue weighted by molar-refractivity contribution is 6.10. The van der Waals surface area contributed by atoms with E-state index in [1.165, 1.54) is 0 Å². The van der Waals surface area contributed by atoms with Crippen LogP contribution in [0.4, 0.5) is 17.3 Å². The third-order valence-electron chi connectivity index (χ3n) is 9.51. The molecule has 1 amide bonds. The highest BCUT2D eigenvalue weighted by Gasteiger charge is 2.47. The molecule has 1 spiro atoms. The number of piperidine rings is 1. The summed E-state index contributed by atoms with van der Waals surface area (Å²) in [6.45, 7) is 5.59. The van der Waals surface area contributed by atoms with Gasteiger partial charge in [-0.05, 0) is 55.9 Å². The lowest BCUT2D eigenvalue weighted by Crippen LogP contribution is -2.50. The van der Waals surface area contributed by atoms with Gasteiger partial charge in [-0.3, -0.25) is 10.2 Å². The lowest BCUT2D eigenvalue weighted by atomic mass is 9.73. The molecule has 0 radical (unpaired) electrons. The van der Waals surface area contributed by atoms with E-state index in [1.807, 2.05) is 24.0 Å². The molecule has 210 valence electrons. The summed E-state index contributed by atoms with van der Waals surface area (Å²) < 4.78 is 5.85. The Morgan fingerprint density at radius 1 is 1.27 bits per heavy atom. The molecule has 3 saturated heterocycles. The molecule has 11 heteroatoms. The number of carbonyl (C=O) groups is 1. The van der Waals surface area contributed by atoms with E-state index in [0.717, 1.165) is 55.6 Å². The number of likely N-dealkylation sites (tertiary alicyclic amines) is 1. The van der Waals surface area contributed by atoms with Gasteiger partial charge in [-0.15, -0.1) is 0 Å². The summed E-state index contributed by atoms with van der Waals surface area (Å²) in [4.78, 5) is 27.4. The Hall–Kier alpha value is -3.75. The fraction of sp³-hybridized carbons (Fsp3) is 0.552. The van der Waals surface area contributed by atoms with Crippen LogP contribution in [-0.4, -0.2) is 78.6 Å². The van der Waals surface area contributed by atoms with Crippen molar-refractivity contribution in [3.63, 3.8) is 0 Å². The number of aromatic nitrogens is 2. The highest BCUT2D eigenvalue weighted by Crippen LogP contribution is 2.42. The van der Waals surface area contributed by atoms with Crippen molar-refractivity contribution in [3.05, 3.63) is 40.7 Å². The van der Waals surface area contributed by atoms with E-state index in [9.17, 15) is 10.1 Å². The van der Waals surface area contributed by atoms with Crippen molar-refractivity contribution in [3.8, 4) is 6.07 Å². The molecule has 1 aromatic heterocycles. The number of carbonyl (C=O) groups excluding carboxylic acids is 1. The monoisotopic (exact) mass is 543 g/mol. The maximum absolute atomic E-state index is 12.3. The number of likely N-dealkylation sites (N-methyl/N-ethyl adjacent to an activating group) is 1. The van der Waals surface area contributed by atoms with Crippen LogP contribution in [0.25, 0.3) is 0 Å². The first-order chi connectivity index (χ1) is 19.2. The molecule has 11 nitrogen and oxygen atoms in total. The van der Waals surface area contributed by atoms with Crippen LogP contribution in [-0.2, 0) is 16.0 Å². The number of nitrogen functional groups attached to an aromatic ring is 1. The van der Waals surface area contributed by atoms with Crippen LogP contribution < -0.4 is 21.3 Å². The number of nitrogens with one attached hydrogen (secondary N) is 1. The number of ether oxygens (including phenoxy) is 1. The van der Waals surface area contributed by atoms with Gasteiger partial charge in [-0.2, -0.15) is 5.26 Å². The van der Waals surface area contributed by atoms with Gasteiger partial charge in [-0.1, -0.05) is 0 Å². The zero-order valence-corrected chi connectivity index (χ0v) is 23.2. The Kier molecular flexibility index (Phi) is 6.63. The summed E-state index contributed by atoms with van der Waals surface area (Å²) in [7, 11) is 1.80. The first-order valence-corrected chi connectivity index (χ1v) is 14.1. The number of hydrogen-bond acceptors (Lipinski definition) is 9. The fourth-order valence-electron chi connectivity index (χ4n) is 7.07. The summed E-state index contributed by atoms with van der Waals surface area (Å²) in [5.74, 6) is 1.18. The first-order valence-electron chi connectivity index (χ1n) is 14.1. The van der Waals surface area contributed by atoms with E-state index >= 15 is 0 Å². The maximum atomic E-state index is 12.3. The summed E-state index contributed by atoms with van der Waals surface area (Å²) in [5.41, 5.74) is 16.7. The lowest BCUT2D eigenvalue weighted by molar-refractivity contribution is -0.126. The van der Waals surface area contributed by atoms with Gasteiger partial charge in [0.2, 0.25) is 5.91 Å². The van der Waals surface area contributed by atoms with Gasteiger partial charge < -0.3 is 30.9 Å². The van der Waals surface area contributed by atoms with Crippen LogP contribution in [0.5, 0.6) is 0 Å². The average molecular weight is 544 g/mol. The van der Waals surface area contributed by atoms with Crippen LogP contribution >= 0.6 is 0 Å². The van der Waals surface area contributed by atoms with Gasteiger partial charge in [-0.25, -0.2) is 9.97 Å². The van der Waals surface area contributed by atoms with Gasteiger partial charge >= 0.3 is 0 Å². The molecule has 0 saturated carbocycles. The van der Waals surface area contributed by atoms with E-state index in [1.54, 1.807) is 18.1 Å². The highest BCUT2D eigenvalue weighted by atomic mass is 16.5. The zero-order chi connectivity index (χ0) is 28.2. The van der Waals surface area contributed by atoms with E-state index < -0.39 is 0 Å². The van der Waals surface area contributed by atoms with Gasteiger partial charge in [0.05, 0.1) is 30.5 Å². The topological polar surface area (TPSA) is 161 Å². The molecule has 0 aliphatic carbocycles. The predicted octanol–water partition coefficient (Wildman–Crippen LogP) is 1.99. The second kappa shape index (κ2) is 10.0. The van der Waals surface area contributed by atoms with Gasteiger partial charge in [0, 0.05) is 62.7 Å². The van der Waals surface area contributed by atoms with Crippen molar-refractivity contribution in [1.29, 1.82) is 10.7 Å². The number of fused-ring (bicyclic) bond motifs is 1. The van der Waals surface area contributed by atoms with Crippen LogP contribution in [0.1, 0.15) is 60.9 Å². The number of amides is 1. The van der Waals surface area contributed by atoms with E-state index in [0.29, 0.717) is 43.2 Å². The molecule has 2 aromatic rings. The number of nitrogens with two attached hydrogens (primary N) is 2. The second-order valence-electron chi connectivity index (χ2n) is 11.8. The number of benzene rings is 1. The number of nitriles is 1. The van der Waals surface area contributed by atoms with Crippen LogP contribution in [0.3, 0.4) is 0 Å². The molecule has 4 aliphatic heterocycles. The number of hydrogen-bond donors (Lipinski definition) is 3. The van der Waals surface area contributed by atoms with Crippen molar-refractivity contribution >= 4 is 29.1 Å². The number of anilines is 3. The molecule has 0 bridgehead atoms. The number of amidine groups is 1. The molecule has 40 heavy (non-hydrogen) atoms. The third kappa shape index (κ3) is 4.26. The third-order valence-corrected chi connectivity index (χ3v) is 9.51. The average Bonchev–Trinajstić information content (AvgIpc) is 3.44. The SMILES string of the molecule is C[C@@H]1OCC2(CCN(c3cnc(C(=N)N4CCCc5c4ccc(C#N)c5[C@@H]4CC(=O)N(C)C4)c(N)n3)CC2)[C@@H]1N. The van der Waals surface area contributed by atoms with E-state index in [4.69, 9.17) is 21.6 Å². The van der Waals surface area contributed by atoms with E-state index in [-0.39, 0.29) is 41.0 Å². The molecule has 6 rings (SSSR count). The van der Waals surface area contributed by atoms with Crippen molar-refractivity contribution < 1.29 is 9.53 Å². The second-order valence-corrected chi connectivity index (χ2v) is 11.8. The molecular weight excluding hydrogens is 506 g/mol. The van der Waals surface area contributed by atoms with Crippen LogP contribution in [0, 0.1) is 22.2 Å². The molecule has 4 aliphatic rings. The number of rotatable bonds is 3. The van der Waals surface area contributed by atoms with Crippen molar-refractivity contribution in [1.82, 2.24) is 14.9 Å². The zero-order valence-electron chi connectivity index (χ0n) is 23.2. The van der Waals surface area contributed by atoms with Gasteiger partial charge in [0.15, 0.2) is 11.7 Å². The molecule has 1 aromatic carbocycles. The first kappa shape index (κ1) is 26.5. The smallest absolute Gasteiger partial charge is 0.223 e. The molecule has 5 N–H and O–H groups in total. The summed E-state index contributed by atoms with van der Waals surface area (Å²) in [6.07, 6.45) is 5.66. The summed E-state index contributed by atoms with van der Waals surface area (Å²) >= 11 is 0. The quantitative estimate of drug-likeness (QED) is 0.388. The molecule has 0 unspecified atom stereocenters. The maximum Gasteiger partial charge on any atom is 0.223 e. The molecular formula is C29H37N9O2. The standard InChI is InChI=1S/C29H37N9O2/c1-17-26(31)29(16-40-17)7-10-37(11-8-29)22-14-34-25(27(32)35-22)28(33)38-9-3-4-20-21(38)6-5-18(13-30)24(20)19-12-23(39)36(2)15-19/h5-6,14,17,19,26,33H,3-4,7-12,15-16,31H2,1-2H3,(H2,32,35)/t17-,19+,26+/m0/s1. The Morgan fingerprint density at radius 3 is 2.67 bits per heavy atom. The largest absolute Gasteiger partial charge is 0.382 e. The Balaban J connectivity index is 1.23. The minimum Gasteiger partial charge on any atom is -0.382 e. The molecule has 3 fully saturated rings. The minimum atomic E-state index is -0.0300. The van der Waals surface area contributed by atoms with Crippen molar-refractivity contribution in [2.45, 2.75) is 57.1 Å². The van der Waals surface area contributed by atoms with Gasteiger partial charge in [0.25, 0.3) is 0 Å². The minimum absolute atomic E-state index is 0.0179. The number of nitrogens with zero attached hydrogens (tertiary/aromatic N) is 6. The summed E-state index contributed by atoms with van der Waals surface area (Å²) in [6, 6.07) is 6.09. The van der Waals surface area contributed by atoms with Crippen LogP contribution in [0.2, 0.25) is 0 Å². The summed E-state index contributed by atoms with van der Waals surface area (Å²) in [5, 5.41) is 18.9. The van der Waals surface area contributed by atoms with Gasteiger partial charge in [0.1, 0.15) is 11.5 Å².